The van der Waals surface area contributed by atoms with E-state index in [1.54, 1.807) is 0 Å². The minimum atomic E-state index is 0.0388. The molecule has 1 aliphatic heterocycles. The van der Waals surface area contributed by atoms with Crippen LogP contribution in [-0.2, 0) is 11.3 Å². The van der Waals surface area contributed by atoms with E-state index in [1.807, 2.05) is 53.4 Å². The van der Waals surface area contributed by atoms with Crippen LogP contribution in [0.15, 0.2) is 59.3 Å². The highest BCUT2D eigenvalue weighted by molar-refractivity contribution is 6.05. The van der Waals surface area contributed by atoms with Crippen LogP contribution in [0.3, 0.4) is 0 Å². The first-order valence-electron chi connectivity index (χ1n) is 9.62. The Hall–Kier alpha value is -3.45. The Bertz CT molecular complexity index is 1180. The average Bonchev–Trinajstić information content (AvgIpc) is 3.17. The second kappa shape index (κ2) is 7.52. The van der Waals surface area contributed by atoms with Crippen LogP contribution < -0.4 is 5.32 Å². The molecule has 0 saturated carbocycles. The Kier molecular flexibility index (Phi) is 4.57. The predicted octanol–water partition coefficient (Wildman–Crippen LogP) is 3.46. The molecule has 1 saturated heterocycles. The van der Waals surface area contributed by atoms with Crippen molar-refractivity contribution in [3.63, 3.8) is 0 Å². The molecule has 3 heterocycles. The van der Waals surface area contributed by atoms with Gasteiger partial charge < -0.3 is 19.4 Å². The lowest BCUT2D eigenvalue weighted by atomic mass is 10.1. The van der Waals surface area contributed by atoms with Gasteiger partial charge in [0.25, 0.3) is 5.91 Å². The second-order valence-electron chi connectivity index (χ2n) is 6.96. The van der Waals surface area contributed by atoms with E-state index in [-0.39, 0.29) is 5.91 Å². The number of para-hydroxylation sites is 1. The zero-order valence-electron chi connectivity index (χ0n) is 15.8. The van der Waals surface area contributed by atoms with Gasteiger partial charge >= 0.3 is 0 Å². The standard InChI is InChI=1S/C22H20N4O3/c27-22(26-8-10-28-11-9-26)16-5-3-4-15(12-16)13-23-21-20-19(24-14-25-21)17-6-1-2-7-18(17)29-20/h1-7,12,14H,8-11,13H2,(H,23,24,25). The molecule has 1 N–H and O–H groups in total. The van der Waals surface area contributed by atoms with Crippen molar-refractivity contribution in [3.05, 3.63) is 66.0 Å². The lowest BCUT2D eigenvalue weighted by Crippen LogP contribution is -2.40. The third-order valence-corrected chi connectivity index (χ3v) is 5.09. The fourth-order valence-corrected chi connectivity index (χ4v) is 3.60. The van der Waals surface area contributed by atoms with Crippen molar-refractivity contribution >= 4 is 33.8 Å². The molecule has 0 aliphatic carbocycles. The van der Waals surface area contributed by atoms with Gasteiger partial charge in [0.2, 0.25) is 0 Å². The number of carbonyl (C=O) groups excluding carboxylic acids is 1. The van der Waals surface area contributed by atoms with Crippen molar-refractivity contribution in [2.75, 3.05) is 31.6 Å². The summed E-state index contributed by atoms with van der Waals surface area (Å²) in [6.45, 7) is 2.97. The second-order valence-corrected chi connectivity index (χ2v) is 6.96. The number of nitrogens with zero attached hydrogens (tertiary/aromatic N) is 3. The molecule has 7 heteroatoms. The number of fused-ring (bicyclic) bond motifs is 3. The van der Waals surface area contributed by atoms with E-state index in [4.69, 9.17) is 9.15 Å². The molecular formula is C22H20N4O3. The highest BCUT2D eigenvalue weighted by atomic mass is 16.5. The Morgan fingerprint density at radius 3 is 2.83 bits per heavy atom. The van der Waals surface area contributed by atoms with E-state index in [2.05, 4.69) is 15.3 Å². The summed E-state index contributed by atoms with van der Waals surface area (Å²) < 4.78 is 11.3. The summed E-state index contributed by atoms with van der Waals surface area (Å²) in [5, 5.41) is 4.28. The van der Waals surface area contributed by atoms with Gasteiger partial charge in [-0.1, -0.05) is 24.3 Å². The number of aromatic nitrogens is 2. The molecule has 0 bridgehead atoms. The first-order chi connectivity index (χ1) is 14.3. The topological polar surface area (TPSA) is 80.5 Å². The Labute approximate surface area is 167 Å². The maximum Gasteiger partial charge on any atom is 0.254 e. The first-order valence-corrected chi connectivity index (χ1v) is 9.62. The van der Waals surface area contributed by atoms with E-state index in [9.17, 15) is 4.79 Å². The molecule has 4 aromatic rings. The van der Waals surface area contributed by atoms with Gasteiger partial charge in [0.15, 0.2) is 11.4 Å². The van der Waals surface area contributed by atoms with Gasteiger partial charge in [0, 0.05) is 30.6 Å². The molecule has 7 nitrogen and oxygen atoms in total. The summed E-state index contributed by atoms with van der Waals surface area (Å²) in [6.07, 6.45) is 1.53. The Morgan fingerprint density at radius 2 is 1.93 bits per heavy atom. The van der Waals surface area contributed by atoms with Gasteiger partial charge in [-0.2, -0.15) is 0 Å². The van der Waals surface area contributed by atoms with Crippen LogP contribution in [0.1, 0.15) is 15.9 Å². The highest BCUT2D eigenvalue weighted by Crippen LogP contribution is 2.30. The lowest BCUT2D eigenvalue weighted by Gasteiger charge is -2.27. The number of nitrogens with one attached hydrogen (secondary N) is 1. The van der Waals surface area contributed by atoms with Crippen molar-refractivity contribution in [1.29, 1.82) is 0 Å². The number of hydrogen-bond acceptors (Lipinski definition) is 6. The lowest BCUT2D eigenvalue weighted by molar-refractivity contribution is 0.0303. The molecule has 5 rings (SSSR count). The fraction of sp³-hybridized carbons (Fsp3) is 0.227. The SMILES string of the molecule is O=C(c1cccc(CNc2ncnc3c2oc2ccccc23)c1)N1CCOCC1. The van der Waals surface area contributed by atoms with Crippen LogP contribution in [0.25, 0.3) is 22.1 Å². The van der Waals surface area contributed by atoms with E-state index in [0.717, 1.165) is 22.0 Å². The highest BCUT2D eigenvalue weighted by Gasteiger charge is 2.19. The fourth-order valence-electron chi connectivity index (χ4n) is 3.60. The maximum absolute atomic E-state index is 12.7. The molecule has 0 atom stereocenters. The number of carbonyl (C=O) groups is 1. The monoisotopic (exact) mass is 388 g/mol. The Morgan fingerprint density at radius 1 is 1.07 bits per heavy atom. The van der Waals surface area contributed by atoms with Crippen LogP contribution in [0.5, 0.6) is 0 Å². The number of ether oxygens (including phenoxy) is 1. The minimum Gasteiger partial charge on any atom is -0.450 e. The number of morpholine rings is 1. The quantitative estimate of drug-likeness (QED) is 0.577. The molecule has 1 fully saturated rings. The molecule has 2 aromatic heterocycles. The smallest absolute Gasteiger partial charge is 0.254 e. The number of rotatable bonds is 4. The zero-order chi connectivity index (χ0) is 19.6. The van der Waals surface area contributed by atoms with Gasteiger partial charge in [-0.15, -0.1) is 0 Å². The van der Waals surface area contributed by atoms with E-state index < -0.39 is 0 Å². The van der Waals surface area contributed by atoms with Crippen molar-refractivity contribution in [2.24, 2.45) is 0 Å². The van der Waals surface area contributed by atoms with E-state index in [0.29, 0.717) is 49.8 Å². The largest absolute Gasteiger partial charge is 0.450 e. The van der Waals surface area contributed by atoms with Crippen LogP contribution in [-0.4, -0.2) is 47.1 Å². The van der Waals surface area contributed by atoms with Crippen LogP contribution in [0.2, 0.25) is 0 Å². The number of furan rings is 1. The predicted molar refractivity (Wildman–Crippen MR) is 110 cm³/mol. The van der Waals surface area contributed by atoms with Crippen molar-refractivity contribution < 1.29 is 13.9 Å². The maximum atomic E-state index is 12.7. The van der Waals surface area contributed by atoms with Crippen LogP contribution in [0, 0.1) is 0 Å². The van der Waals surface area contributed by atoms with Crippen molar-refractivity contribution in [2.45, 2.75) is 6.54 Å². The summed E-state index contributed by atoms with van der Waals surface area (Å²) >= 11 is 0. The molecular weight excluding hydrogens is 368 g/mol. The number of benzene rings is 2. The van der Waals surface area contributed by atoms with Gasteiger partial charge in [0.1, 0.15) is 17.4 Å². The van der Waals surface area contributed by atoms with Gasteiger partial charge in [0.05, 0.1) is 13.2 Å². The summed E-state index contributed by atoms with van der Waals surface area (Å²) in [5.41, 5.74) is 3.88. The number of amides is 1. The molecule has 0 unspecified atom stereocenters. The molecule has 0 spiro atoms. The first kappa shape index (κ1) is 17.6. The van der Waals surface area contributed by atoms with Crippen LogP contribution >= 0.6 is 0 Å². The minimum absolute atomic E-state index is 0.0388. The molecule has 0 radical (unpaired) electrons. The van der Waals surface area contributed by atoms with Gasteiger partial charge in [-0.3, -0.25) is 4.79 Å². The van der Waals surface area contributed by atoms with Crippen molar-refractivity contribution in [1.82, 2.24) is 14.9 Å². The molecule has 1 amide bonds. The van der Waals surface area contributed by atoms with Crippen LogP contribution in [0.4, 0.5) is 5.82 Å². The normalized spacial score (nSPS) is 14.4. The Balaban J connectivity index is 1.37. The summed E-state index contributed by atoms with van der Waals surface area (Å²) in [6, 6.07) is 15.5. The molecule has 146 valence electrons. The van der Waals surface area contributed by atoms with Gasteiger partial charge in [-0.25, -0.2) is 9.97 Å². The average molecular weight is 388 g/mol. The summed E-state index contributed by atoms with van der Waals surface area (Å²) in [4.78, 5) is 23.3. The third-order valence-electron chi connectivity index (χ3n) is 5.09. The molecule has 1 aliphatic rings. The van der Waals surface area contributed by atoms with E-state index in [1.165, 1.54) is 6.33 Å². The molecule has 29 heavy (non-hydrogen) atoms. The third kappa shape index (κ3) is 3.40. The van der Waals surface area contributed by atoms with Crippen molar-refractivity contribution in [3.8, 4) is 0 Å². The summed E-state index contributed by atoms with van der Waals surface area (Å²) in [5.74, 6) is 0.674. The zero-order valence-corrected chi connectivity index (χ0v) is 15.8. The van der Waals surface area contributed by atoms with Gasteiger partial charge in [-0.05, 0) is 29.8 Å². The van der Waals surface area contributed by atoms with E-state index >= 15 is 0 Å². The molecule has 2 aromatic carbocycles. The number of hydrogen-bond donors (Lipinski definition) is 1. The summed E-state index contributed by atoms with van der Waals surface area (Å²) in [7, 11) is 0. The number of anilines is 1.